The molecule has 0 amide bonds. The molecule has 2 aromatic rings. The minimum Gasteiger partial charge on any atom is -0.486 e. The van der Waals surface area contributed by atoms with E-state index in [0.717, 1.165) is 12.2 Å². The Bertz CT molecular complexity index is 564. The monoisotopic (exact) mass is 272 g/mol. The maximum absolute atomic E-state index is 10.5. The first kappa shape index (κ1) is 14.4. The third kappa shape index (κ3) is 3.29. The summed E-state index contributed by atoms with van der Waals surface area (Å²) in [5.41, 5.74) is 1.48. The van der Waals surface area contributed by atoms with Gasteiger partial charge in [0.2, 0.25) is 0 Å². The van der Waals surface area contributed by atoms with Crippen LogP contribution in [0.3, 0.4) is 0 Å². The van der Waals surface area contributed by atoms with Crippen LogP contribution in [0, 0.1) is 0 Å². The number of rotatable bonds is 6. The van der Waals surface area contributed by atoms with E-state index in [9.17, 15) is 4.79 Å². The Morgan fingerprint density at radius 2 is 1.85 bits per heavy atom. The lowest BCUT2D eigenvalue weighted by Crippen LogP contribution is -2.14. The molecule has 3 nitrogen and oxygen atoms in total. The Hall–Kier alpha value is -2.03. The highest BCUT2D eigenvalue weighted by Crippen LogP contribution is 2.28. The SMILES string of the molecule is CCC(C)(C)c1ccc(OCc2ccc(C=O)o2)cc1. The molecule has 0 fully saturated rings. The number of carbonyl (C=O) groups is 1. The molecule has 0 unspecified atom stereocenters. The van der Waals surface area contributed by atoms with Gasteiger partial charge in [-0.15, -0.1) is 0 Å². The minimum atomic E-state index is 0.179. The van der Waals surface area contributed by atoms with Gasteiger partial charge in [-0.05, 0) is 41.7 Å². The predicted molar refractivity (Wildman–Crippen MR) is 78.2 cm³/mol. The largest absolute Gasteiger partial charge is 0.486 e. The average Bonchev–Trinajstić information content (AvgIpc) is 2.93. The molecule has 0 aliphatic rings. The van der Waals surface area contributed by atoms with Gasteiger partial charge in [-0.2, -0.15) is 0 Å². The van der Waals surface area contributed by atoms with Crippen LogP contribution in [0.15, 0.2) is 40.8 Å². The van der Waals surface area contributed by atoms with Gasteiger partial charge >= 0.3 is 0 Å². The molecule has 20 heavy (non-hydrogen) atoms. The van der Waals surface area contributed by atoms with Crippen molar-refractivity contribution in [3.05, 3.63) is 53.5 Å². The maximum atomic E-state index is 10.5. The first-order valence-electron chi connectivity index (χ1n) is 6.82. The second-order valence-electron chi connectivity index (χ2n) is 5.47. The molecule has 3 heteroatoms. The van der Waals surface area contributed by atoms with Crippen LogP contribution in [0.4, 0.5) is 0 Å². The fourth-order valence-electron chi connectivity index (χ4n) is 1.90. The molecule has 1 aromatic heterocycles. The van der Waals surface area contributed by atoms with E-state index in [1.54, 1.807) is 12.1 Å². The van der Waals surface area contributed by atoms with E-state index in [4.69, 9.17) is 9.15 Å². The number of hydrogen-bond acceptors (Lipinski definition) is 3. The van der Waals surface area contributed by atoms with Crippen LogP contribution < -0.4 is 4.74 Å². The summed E-state index contributed by atoms with van der Waals surface area (Å²) in [4.78, 5) is 10.5. The van der Waals surface area contributed by atoms with Gasteiger partial charge in [-0.25, -0.2) is 0 Å². The highest BCUT2D eigenvalue weighted by Gasteiger charge is 2.17. The molecule has 0 saturated heterocycles. The topological polar surface area (TPSA) is 39.4 Å². The van der Waals surface area contributed by atoms with E-state index < -0.39 is 0 Å². The fraction of sp³-hybridized carbons (Fsp3) is 0.353. The molecule has 0 bridgehead atoms. The van der Waals surface area contributed by atoms with Crippen molar-refractivity contribution < 1.29 is 13.9 Å². The first-order valence-corrected chi connectivity index (χ1v) is 6.82. The Balaban J connectivity index is 1.99. The van der Waals surface area contributed by atoms with Gasteiger partial charge in [0, 0.05) is 0 Å². The molecule has 106 valence electrons. The van der Waals surface area contributed by atoms with Crippen LogP contribution in [0.2, 0.25) is 0 Å². The molecule has 0 N–H and O–H groups in total. The van der Waals surface area contributed by atoms with Gasteiger partial charge in [0.25, 0.3) is 0 Å². The van der Waals surface area contributed by atoms with E-state index in [-0.39, 0.29) is 5.41 Å². The predicted octanol–water partition coefficient (Wildman–Crippen LogP) is 4.36. The minimum absolute atomic E-state index is 0.179. The van der Waals surface area contributed by atoms with Gasteiger partial charge in [0.15, 0.2) is 12.0 Å². The Morgan fingerprint density at radius 3 is 2.40 bits per heavy atom. The molecule has 2 rings (SSSR count). The summed E-state index contributed by atoms with van der Waals surface area (Å²) in [5, 5.41) is 0. The van der Waals surface area contributed by atoms with Gasteiger partial charge in [-0.1, -0.05) is 32.9 Å². The summed E-state index contributed by atoms with van der Waals surface area (Å²) in [7, 11) is 0. The summed E-state index contributed by atoms with van der Waals surface area (Å²) >= 11 is 0. The van der Waals surface area contributed by atoms with Crippen molar-refractivity contribution in [2.45, 2.75) is 39.2 Å². The van der Waals surface area contributed by atoms with Crippen LogP contribution in [0.25, 0.3) is 0 Å². The van der Waals surface area contributed by atoms with Crippen molar-refractivity contribution in [3.63, 3.8) is 0 Å². The van der Waals surface area contributed by atoms with E-state index in [1.807, 2.05) is 12.1 Å². The van der Waals surface area contributed by atoms with Crippen LogP contribution in [-0.2, 0) is 12.0 Å². The normalized spacial score (nSPS) is 11.3. The molecule has 1 aromatic carbocycles. The molecule has 0 aliphatic carbocycles. The summed E-state index contributed by atoms with van der Waals surface area (Å²) < 4.78 is 10.9. The van der Waals surface area contributed by atoms with Crippen molar-refractivity contribution in [2.24, 2.45) is 0 Å². The number of furan rings is 1. The van der Waals surface area contributed by atoms with E-state index in [2.05, 4.69) is 32.9 Å². The van der Waals surface area contributed by atoms with Gasteiger partial charge in [-0.3, -0.25) is 4.79 Å². The lowest BCUT2D eigenvalue weighted by molar-refractivity contribution is 0.109. The summed E-state index contributed by atoms with van der Waals surface area (Å²) in [6.45, 7) is 6.97. The van der Waals surface area contributed by atoms with Crippen LogP contribution in [0.1, 0.15) is 49.1 Å². The molecular weight excluding hydrogens is 252 g/mol. The zero-order valence-corrected chi connectivity index (χ0v) is 12.2. The Kier molecular flexibility index (Phi) is 4.28. The Morgan fingerprint density at radius 1 is 1.15 bits per heavy atom. The summed E-state index contributed by atoms with van der Waals surface area (Å²) in [6.07, 6.45) is 1.78. The average molecular weight is 272 g/mol. The first-order chi connectivity index (χ1) is 9.55. The van der Waals surface area contributed by atoms with E-state index in [0.29, 0.717) is 24.4 Å². The molecular formula is C17H20O3. The van der Waals surface area contributed by atoms with E-state index in [1.165, 1.54) is 5.56 Å². The lowest BCUT2D eigenvalue weighted by atomic mass is 9.82. The maximum Gasteiger partial charge on any atom is 0.185 e. The van der Waals surface area contributed by atoms with Gasteiger partial charge in [0.05, 0.1) is 0 Å². The van der Waals surface area contributed by atoms with Crippen molar-refractivity contribution >= 4 is 6.29 Å². The highest BCUT2D eigenvalue weighted by atomic mass is 16.5. The summed E-state index contributed by atoms with van der Waals surface area (Å²) in [5.74, 6) is 1.76. The van der Waals surface area contributed by atoms with Crippen LogP contribution in [-0.4, -0.2) is 6.29 Å². The van der Waals surface area contributed by atoms with Gasteiger partial charge in [0.1, 0.15) is 18.1 Å². The number of hydrogen-bond donors (Lipinski definition) is 0. The second-order valence-corrected chi connectivity index (χ2v) is 5.47. The smallest absolute Gasteiger partial charge is 0.185 e. The fourth-order valence-corrected chi connectivity index (χ4v) is 1.90. The molecule has 0 atom stereocenters. The molecule has 1 heterocycles. The summed E-state index contributed by atoms with van der Waals surface area (Å²) in [6, 6.07) is 11.5. The molecule has 0 saturated carbocycles. The number of aldehydes is 1. The van der Waals surface area contributed by atoms with Crippen molar-refractivity contribution in [1.82, 2.24) is 0 Å². The third-order valence-corrected chi connectivity index (χ3v) is 3.70. The van der Waals surface area contributed by atoms with Crippen LogP contribution in [0.5, 0.6) is 5.75 Å². The van der Waals surface area contributed by atoms with Crippen molar-refractivity contribution in [2.75, 3.05) is 0 Å². The van der Waals surface area contributed by atoms with Crippen molar-refractivity contribution in [1.29, 1.82) is 0 Å². The molecule has 0 aliphatic heterocycles. The standard InChI is InChI=1S/C17H20O3/c1-4-17(2,3)13-5-7-14(8-6-13)19-12-16-10-9-15(11-18)20-16/h5-11H,4,12H2,1-3H3. The number of ether oxygens (including phenoxy) is 1. The zero-order valence-electron chi connectivity index (χ0n) is 12.2. The quantitative estimate of drug-likeness (QED) is 0.733. The number of carbonyl (C=O) groups excluding carboxylic acids is 1. The number of benzene rings is 1. The van der Waals surface area contributed by atoms with Crippen LogP contribution >= 0.6 is 0 Å². The van der Waals surface area contributed by atoms with E-state index >= 15 is 0 Å². The Labute approximate surface area is 119 Å². The van der Waals surface area contributed by atoms with Gasteiger partial charge < -0.3 is 9.15 Å². The third-order valence-electron chi connectivity index (χ3n) is 3.70. The van der Waals surface area contributed by atoms with Crippen molar-refractivity contribution in [3.8, 4) is 5.75 Å². The second kappa shape index (κ2) is 5.95. The molecule has 0 radical (unpaired) electrons. The molecule has 0 spiro atoms. The lowest BCUT2D eigenvalue weighted by Gasteiger charge is -2.23. The zero-order chi connectivity index (χ0) is 14.6. The highest BCUT2D eigenvalue weighted by molar-refractivity contribution is 5.70.